The number of amides is 1. The van der Waals surface area contributed by atoms with Gasteiger partial charge in [0, 0.05) is 35.4 Å². The third-order valence-electron chi connectivity index (χ3n) is 4.77. The van der Waals surface area contributed by atoms with E-state index in [9.17, 15) is 9.59 Å². The second-order valence-corrected chi connectivity index (χ2v) is 9.39. The Morgan fingerprint density at radius 3 is 2.43 bits per heavy atom. The van der Waals surface area contributed by atoms with Gasteiger partial charge in [-0.1, -0.05) is 29.8 Å². The van der Waals surface area contributed by atoms with Crippen molar-refractivity contribution in [2.75, 3.05) is 13.7 Å². The molecule has 35 heavy (non-hydrogen) atoms. The summed E-state index contributed by atoms with van der Waals surface area (Å²) in [5, 5.41) is 2.71. The molecule has 4 rings (SSSR count). The maximum Gasteiger partial charge on any atom is 0.394 e. The lowest BCUT2D eigenvalue weighted by Crippen LogP contribution is -2.38. The molecular weight excluding hydrogens is 518 g/mol. The van der Waals surface area contributed by atoms with Gasteiger partial charge in [-0.05, 0) is 47.2 Å². The third-order valence-corrected chi connectivity index (χ3v) is 6.14. The zero-order valence-electron chi connectivity index (χ0n) is 18.6. The smallest absolute Gasteiger partial charge is 0.394 e. The standard InChI is InChI=1S/C16H16ClNO2S.C6H6N2O.H2O4S/c1-20-16(19)15(12-4-2-3-5-13(12)17)18-8-6-14-11(10-18)7-9-21-14;7-6(9)5-2-1-3-8-4-5;1-5(2,3)4/h2-5,7,9,15H,6,8,10H2,1H3;1-4H,(H2,7,9);(H2,1,2,3,4)/t15-;;/m0../s1. The van der Waals surface area contributed by atoms with E-state index in [1.54, 1.807) is 29.7 Å². The van der Waals surface area contributed by atoms with Crippen LogP contribution in [0.1, 0.15) is 32.4 Å². The van der Waals surface area contributed by atoms with Crippen LogP contribution >= 0.6 is 22.9 Å². The lowest BCUT2D eigenvalue weighted by molar-refractivity contribution is -0.147. The largest absolute Gasteiger partial charge is 0.468 e. The molecule has 4 N–H and O–H groups in total. The summed E-state index contributed by atoms with van der Waals surface area (Å²) < 4.78 is 36.6. The quantitative estimate of drug-likeness (QED) is 0.333. The zero-order valence-corrected chi connectivity index (χ0v) is 21.0. The van der Waals surface area contributed by atoms with E-state index in [0.29, 0.717) is 10.6 Å². The molecule has 0 saturated heterocycles. The highest BCUT2D eigenvalue weighted by molar-refractivity contribution is 7.79. The van der Waals surface area contributed by atoms with Crippen LogP contribution in [0.25, 0.3) is 0 Å². The molecular formula is C22H24ClN3O7S2. The average molecular weight is 542 g/mol. The number of rotatable bonds is 4. The van der Waals surface area contributed by atoms with Crippen LogP contribution in [0.2, 0.25) is 5.02 Å². The number of hydrogen-bond acceptors (Lipinski definition) is 8. The summed E-state index contributed by atoms with van der Waals surface area (Å²) in [7, 11) is -3.24. The number of hydrogen-bond donors (Lipinski definition) is 3. The number of halogens is 1. The minimum Gasteiger partial charge on any atom is -0.468 e. The van der Waals surface area contributed by atoms with Crippen molar-refractivity contribution in [2.24, 2.45) is 5.73 Å². The monoisotopic (exact) mass is 541 g/mol. The van der Waals surface area contributed by atoms with Gasteiger partial charge in [0.05, 0.1) is 12.7 Å². The molecule has 3 heterocycles. The molecule has 0 aliphatic carbocycles. The predicted molar refractivity (Wildman–Crippen MR) is 132 cm³/mol. The second-order valence-electron chi connectivity index (χ2n) is 7.09. The molecule has 13 heteroatoms. The van der Waals surface area contributed by atoms with Crippen molar-refractivity contribution in [1.29, 1.82) is 0 Å². The van der Waals surface area contributed by atoms with Gasteiger partial charge in [0.15, 0.2) is 0 Å². The van der Waals surface area contributed by atoms with Gasteiger partial charge < -0.3 is 10.5 Å². The number of thiophene rings is 1. The third kappa shape index (κ3) is 9.36. The minimum absolute atomic E-state index is 0.262. The Bertz CT molecular complexity index is 1230. The molecule has 1 aromatic carbocycles. The first kappa shape index (κ1) is 28.4. The summed E-state index contributed by atoms with van der Waals surface area (Å²) in [4.78, 5) is 29.9. The van der Waals surface area contributed by atoms with Crippen molar-refractivity contribution in [1.82, 2.24) is 9.88 Å². The molecule has 188 valence electrons. The number of esters is 1. The Hall–Kier alpha value is -2.87. The van der Waals surface area contributed by atoms with Crippen LogP contribution in [-0.4, -0.2) is 52.9 Å². The van der Waals surface area contributed by atoms with Crippen LogP contribution < -0.4 is 5.73 Å². The fourth-order valence-corrected chi connectivity index (χ4v) is 4.41. The van der Waals surface area contributed by atoms with Crippen LogP contribution in [0.3, 0.4) is 0 Å². The first-order chi connectivity index (χ1) is 16.5. The Morgan fingerprint density at radius 1 is 1.20 bits per heavy atom. The van der Waals surface area contributed by atoms with E-state index in [1.165, 1.54) is 23.7 Å². The first-order valence-electron chi connectivity index (χ1n) is 10.0. The molecule has 2 aromatic heterocycles. The van der Waals surface area contributed by atoms with Gasteiger partial charge in [-0.25, -0.2) is 4.79 Å². The summed E-state index contributed by atoms with van der Waals surface area (Å²) in [6.45, 7) is 1.59. The van der Waals surface area contributed by atoms with Gasteiger partial charge in [0.2, 0.25) is 5.91 Å². The number of nitrogens with two attached hydrogens (primary N) is 1. The molecule has 0 unspecified atom stereocenters. The van der Waals surface area contributed by atoms with Crippen LogP contribution in [0.15, 0.2) is 60.2 Å². The molecule has 0 fully saturated rings. The normalized spacial score (nSPS) is 13.7. The lowest BCUT2D eigenvalue weighted by atomic mass is 10.0. The SMILES string of the molecule is COC(=O)[C@H](c1ccccc1Cl)N1CCc2sccc2C1.NC(=O)c1cccnc1.O=S(=O)(O)O. The summed E-state index contributed by atoms with van der Waals surface area (Å²) >= 11 is 8.07. The molecule has 1 aliphatic heterocycles. The molecule has 3 aromatic rings. The Balaban J connectivity index is 0.000000255. The number of carbonyl (C=O) groups is 2. The maximum absolute atomic E-state index is 12.3. The Morgan fingerprint density at radius 2 is 1.89 bits per heavy atom. The number of carbonyl (C=O) groups excluding carboxylic acids is 2. The topological polar surface area (TPSA) is 160 Å². The molecule has 1 aliphatic rings. The van der Waals surface area contributed by atoms with Gasteiger partial charge in [-0.3, -0.25) is 23.8 Å². The van der Waals surface area contributed by atoms with Crippen molar-refractivity contribution < 1.29 is 31.8 Å². The van der Waals surface area contributed by atoms with Gasteiger partial charge in [0.25, 0.3) is 0 Å². The zero-order chi connectivity index (χ0) is 26.0. The van der Waals surface area contributed by atoms with E-state index in [2.05, 4.69) is 21.3 Å². The fraction of sp³-hybridized carbons (Fsp3) is 0.227. The fourth-order valence-electron chi connectivity index (χ4n) is 3.28. The van der Waals surface area contributed by atoms with E-state index in [0.717, 1.165) is 25.1 Å². The van der Waals surface area contributed by atoms with E-state index in [1.807, 2.05) is 24.3 Å². The van der Waals surface area contributed by atoms with Crippen molar-refractivity contribution in [3.05, 3.63) is 86.8 Å². The molecule has 0 radical (unpaired) electrons. The van der Waals surface area contributed by atoms with Gasteiger partial charge >= 0.3 is 16.4 Å². The second kappa shape index (κ2) is 13.3. The highest BCUT2D eigenvalue weighted by Crippen LogP contribution is 2.33. The van der Waals surface area contributed by atoms with Gasteiger partial charge in [0.1, 0.15) is 6.04 Å². The van der Waals surface area contributed by atoms with Crippen molar-refractivity contribution in [2.45, 2.75) is 19.0 Å². The number of aromatic nitrogens is 1. The molecule has 10 nitrogen and oxygen atoms in total. The van der Waals surface area contributed by atoms with Crippen LogP contribution in [-0.2, 0) is 32.9 Å². The maximum atomic E-state index is 12.3. The van der Waals surface area contributed by atoms with Crippen molar-refractivity contribution in [3.63, 3.8) is 0 Å². The Kier molecular flexibility index (Phi) is 10.8. The lowest BCUT2D eigenvalue weighted by Gasteiger charge is -2.33. The number of methoxy groups -OCH3 is 1. The number of ether oxygens (including phenoxy) is 1. The van der Waals surface area contributed by atoms with Crippen LogP contribution in [0, 0.1) is 0 Å². The van der Waals surface area contributed by atoms with Crippen LogP contribution in [0.5, 0.6) is 0 Å². The van der Waals surface area contributed by atoms with Crippen molar-refractivity contribution >= 4 is 45.2 Å². The van der Waals surface area contributed by atoms with E-state index < -0.39 is 22.3 Å². The summed E-state index contributed by atoms with van der Waals surface area (Å²) in [6.07, 6.45) is 3.99. The first-order valence-corrected chi connectivity index (χ1v) is 12.7. The molecule has 0 saturated carbocycles. The molecule has 0 spiro atoms. The number of nitrogens with zero attached hydrogens (tertiary/aromatic N) is 2. The summed E-state index contributed by atoms with van der Waals surface area (Å²) in [6, 6.07) is 12.4. The number of fused-ring (bicyclic) bond motifs is 1. The van der Waals surface area contributed by atoms with E-state index in [-0.39, 0.29) is 5.97 Å². The Labute approximate surface area is 211 Å². The molecule has 1 atom stereocenters. The van der Waals surface area contributed by atoms with Gasteiger partial charge in [-0.2, -0.15) is 8.42 Å². The summed E-state index contributed by atoms with van der Waals surface area (Å²) in [5.41, 5.74) is 7.49. The molecule has 1 amide bonds. The predicted octanol–water partition coefficient (Wildman–Crippen LogP) is 3.20. The van der Waals surface area contributed by atoms with Crippen molar-refractivity contribution in [3.8, 4) is 0 Å². The number of pyridine rings is 1. The average Bonchev–Trinajstić information content (AvgIpc) is 3.28. The molecule has 0 bridgehead atoms. The van der Waals surface area contributed by atoms with Gasteiger partial charge in [-0.15, -0.1) is 11.3 Å². The number of benzene rings is 1. The highest BCUT2D eigenvalue weighted by Gasteiger charge is 2.32. The summed E-state index contributed by atoms with van der Waals surface area (Å²) in [5.74, 6) is -0.704. The highest BCUT2D eigenvalue weighted by atomic mass is 35.5. The number of primary amides is 1. The van der Waals surface area contributed by atoms with E-state index in [4.69, 9.17) is 39.6 Å². The van der Waals surface area contributed by atoms with Crippen LogP contribution in [0.4, 0.5) is 0 Å². The minimum atomic E-state index is -4.67. The van der Waals surface area contributed by atoms with E-state index >= 15 is 0 Å².